The predicted molar refractivity (Wildman–Crippen MR) is 71.0 cm³/mol. The molecule has 2 atom stereocenters. The first-order valence-electron chi connectivity index (χ1n) is 6.87. The molecular formula is C16H20O2. The maximum Gasteiger partial charge on any atom is 0.146 e. The Bertz CT molecular complexity index is 492. The molecule has 2 aliphatic rings. The second-order valence-electron chi connectivity index (χ2n) is 5.87. The average molecular weight is 244 g/mol. The van der Waals surface area contributed by atoms with Crippen LogP contribution in [0.4, 0.5) is 0 Å². The maximum atomic E-state index is 12.6. The number of carbonyl (C=O) groups is 1. The molecule has 1 saturated carbocycles. The van der Waals surface area contributed by atoms with Gasteiger partial charge in [-0.2, -0.15) is 0 Å². The molecule has 0 aliphatic heterocycles. The summed E-state index contributed by atoms with van der Waals surface area (Å²) in [6, 6.07) is 6.22. The fraction of sp³-hybridized carbons (Fsp3) is 0.562. The highest BCUT2D eigenvalue weighted by atomic mass is 16.5. The van der Waals surface area contributed by atoms with Crippen molar-refractivity contribution in [2.75, 3.05) is 7.11 Å². The molecule has 0 radical (unpaired) electrons. The minimum Gasteiger partial charge on any atom is -0.497 e. The van der Waals surface area contributed by atoms with Crippen molar-refractivity contribution in [1.29, 1.82) is 0 Å². The van der Waals surface area contributed by atoms with Crippen LogP contribution in [-0.4, -0.2) is 12.9 Å². The van der Waals surface area contributed by atoms with Crippen LogP contribution in [0.5, 0.6) is 5.75 Å². The van der Waals surface area contributed by atoms with Gasteiger partial charge in [-0.3, -0.25) is 4.79 Å². The van der Waals surface area contributed by atoms with Crippen molar-refractivity contribution in [3.05, 3.63) is 29.3 Å². The molecule has 3 rings (SSSR count). The van der Waals surface area contributed by atoms with Gasteiger partial charge >= 0.3 is 0 Å². The number of methoxy groups -OCH3 is 1. The van der Waals surface area contributed by atoms with Crippen LogP contribution in [-0.2, 0) is 16.6 Å². The van der Waals surface area contributed by atoms with E-state index < -0.39 is 0 Å². The lowest BCUT2D eigenvalue weighted by Crippen LogP contribution is -2.41. The number of ether oxygens (including phenoxy) is 1. The van der Waals surface area contributed by atoms with Gasteiger partial charge < -0.3 is 4.74 Å². The van der Waals surface area contributed by atoms with Crippen LogP contribution in [0.3, 0.4) is 0 Å². The van der Waals surface area contributed by atoms with E-state index in [0.717, 1.165) is 25.0 Å². The van der Waals surface area contributed by atoms with Crippen LogP contribution in [0.2, 0.25) is 0 Å². The van der Waals surface area contributed by atoms with Crippen LogP contribution in [0.15, 0.2) is 18.2 Å². The minimum absolute atomic E-state index is 0.233. The van der Waals surface area contributed by atoms with E-state index >= 15 is 0 Å². The van der Waals surface area contributed by atoms with Gasteiger partial charge in [0.05, 0.1) is 12.5 Å². The molecule has 0 spiro atoms. The summed E-state index contributed by atoms with van der Waals surface area (Å²) >= 11 is 0. The van der Waals surface area contributed by atoms with E-state index in [2.05, 4.69) is 19.1 Å². The number of fused-ring (bicyclic) bond motifs is 4. The summed E-state index contributed by atoms with van der Waals surface area (Å²) < 4.78 is 5.31. The molecule has 2 heteroatoms. The third-order valence-corrected chi connectivity index (χ3v) is 4.77. The predicted octanol–water partition coefficient (Wildman–Crippen LogP) is 3.27. The lowest BCUT2D eigenvalue weighted by molar-refractivity contribution is -0.128. The van der Waals surface area contributed by atoms with Crippen molar-refractivity contribution in [1.82, 2.24) is 0 Å². The molecule has 2 nitrogen and oxygen atoms in total. The van der Waals surface area contributed by atoms with E-state index in [0.29, 0.717) is 5.78 Å². The fourth-order valence-corrected chi connectivity index (χ4v) is 3.71. The van der Waals surface area contributed by atoms with Gasteiger partial charge in [0.1, 0.15) is 11.5 Å². The molecule has 1 fully saturated rings. The topological polar surface area (TPSA) is 26.3 Å². The number of ketones is 1. The maximum absolute atomic E-state index is 12.6. The third-order valence-electron chi connectivity index (χ3n) is 4.77. The SMILES string of the molecule is COc1ccc2c(c1)CC1CCCCC2(C)C1=O. The summed E-state index contributed by atoms with van der Waals surface area (Å²) in [5.74, 6) is 1.61. The van der Waals surface area contributed by atoms with Gasteiger partial charge in [0.25, 0.3) is 0 Å². The van der Waals surface area contributed by atoms with E-state index in [4.69, 9.17) is 4.74 Å². The van der Waals surface area contributed by atoms with Gasteiger partial charge in [0, 0.05) is 5.92 Å². The van der Waals surface area contributed by atoms with E-state index in [-0.39, 0.29) is 11.3 Å². The minimum atomic E-state index is -0.249. The Morgan fingerprint density at radius 1 is 1.33 bits per heavy atom. The summed E-state index contributed by atoms with van der Waals surface area (Å²) in [5, 5.41) is 0. The quantitative estimate of drug-likeness (QED) is 0.758. The van der Waals surface area contributed by atoms with Crippen molar-refractivity contribution in [2.24, 2.45) is 5.92 Å². The number of carbonyl (C=O) groups excluding carboxylic acids is 1. The highest BCUT2D eigenvalue weighted by Crippen LogP contribution is 2.45. The number of Topliss-reactive ketones (excluding diaryl/α,β-unsaturated/α-hetero) is 1. The van der Waals surface area contributed by atoms with Crippen LogP contribution in [0, 0.1) is 5.92 Å². The number of benzene rings is 1. The van der Waals surface area contributed by atoms with Crippen LogP contribution >= 0.6 is 0 Å². The zero-order valence-corrected chi connectivity index (χ0v) is 11.2. The van der Waals surface area contributed by atoms with Crippen molar-refractivity contribution in [3.63, 3.8) is 0 Å². The zero-order valence-electron chi connectivity index (χ0n) is 11.2. The molecule has 0 heterocycles. The monoisotopic (exact) mass is 244 g/mol. The number of hydrogen-bond acceptors (Lipinski definition) is 2. The smallest absolute Gasteiger partial charge is 0.146 e. The Labute approximate surface area is 108 Å². The van der Waals surface area contributed by atoms with Crippen molar-refractivity contribution in [3.8, 4) is 5.75 Å². The normalized spacial score (nSPS) is 30.6. The number of hydrogen-bond donors (Lipinski definition) is 0. The van der Waals surface area contributed by atoms with Crippen molar-refractivity contribution < 1.29 is 9.53 Å². The summed E-state index contributed by atoms with van der Waals surface area (Å²) in [7, 11) is 1.70. The molecule has 0 N–H and O–H groups in total. The van der Waals surface area contributed by atoms with Gasteiger partial charge in [-0.05, 0) is 49.4 Å². The molecule has 2 bridgehead atoms. The Hall–Kier alpha value is -1.31. The van der Waals surface area contributed by atoms with Crippen LogP contribution in [0.25, 0.3) is 0 Å². The summed E-state index contributed by atoms with van der Waals surface area (Å²) in [4.78, 5) is 12.6. The second kappa shape index (κ2) is 4.11. The standard InChI is InChI=1S/C16H20O2/c1-16-8-4-3-5-11(15(16)17)9-12-10-13(18-2)6-7-14(12)16/h6-7,10-11H,3-5,8-9H2,1-2H3. The molecule has 0 saturated heterocycles. The Kier molecular flexibility index (Phi) is 2.69. The largest absolute Gasteiger partial charge is 0.497 e. The zero-order chi connectivity index (χ0) is 12.8. The first kappa shape index (κ1) is 11.8. The van der Waals surface area contributed by atoms with Crippen LogP contribution < -0.4 is 4.74 Å². The molecule has 2 unspecified atom stereocenters. The Balaban J connectivity index is 2.14. The molecule has 0 amide bonds. The van der Waals surface area contributed by atoms with Gasteiger partial charge in [0.2, 0.25) is 0 Å². The first-order valence-corrected chi connectivity index (χ1v) is 6.87. The lowest BCUT2D eigenvalue weighted by atomic mass is 9.65. The van der Waals surface area contributed by atoms with E-state index in [1.165, 1.54) is 24.0 Å². The molecule has 1 aromatic carbocycles. The van der Waals surface area contributed by atoms with E-state index in [1.54, 1.807) is 7.11 Å². The van der Waals surface area contributed by atoms with Gasteiger partial charge in [0.15, 0.2) is 0 Å². The van der Waals surface area contributed by atoms with E-state index in [9.17, 15) is 4.79 Å². The molecule has 2 aliphatic carbocycles. The van der Waals surface area contributed by atoms with Gasteiger partial charge in [-0.25, -0.2) is 0 Å². The fourth-order valence-electron chi connectivity index (χ4n) is 3.71. The summed E-state index contributed by atoms with van der Waals surface area (Å²) in [5.41, 5.74) is 2.32. The van der Waals surface area contributed by atoms with Crippen molar-refractivity contribution >= 4 is 5.78 Å². The van der Waals surface area contributed by atoms with Gasteiger partial charge in [-0.15, -0.1) is 0 Å². The van der Waals surface area contributed by atoms with Gasteiger partial charge in [-0.1, -0.05) is 18.9 Å². The summed E-state index contributed by atoms with van der Waals surface area (Å²) in [6.45, 7) is 2.14. The Morgan fingerprint density at radius 3 is 2.94 bits per heavy atom. The first-order chi connectivity index (χ1) is 8.65. The molecule has 18 heavy (non-hydrogen) atoms. The highest BCUT2D eigenvalue weighted by molar-refractivity contribution is 5.94. The highest BCUT2D eigenvalue weighted by Gasteiger charge is 2.45. The molecule has 96 valence electrons. The second-order valence-corrected chi connectivity index (χ2v) is 5.87. The Morgan fingerprint density at radius 2 is 2.17 bits per heavy atom. The van der Waals surface area contributed by atoms with Crippen molar-refractivity contribution in [2.45, 2.75) is 44.4 Å². The van der Waals surface area contributed by atoms with E-state index in [1.807, 2.05) is 6.07 Å². The number of rotatable bonds is 1. The summed E-state index contributed by atoms with van der Waals surface area (Å²) in [6.07, 6.45) is 5.33. The molecule has 1 aromatic rings. The molecular weight excluding hydrogens is 224 g/mol. The third kappa shape index (κ3) is 1.58. The molecule has 0 aromatic heterocycles. The van der Waals surface area contributed by atoms with Crippen LogP contribution in [0.1, 0.15) is 43.7 Å². The average Bonchev–Trinajstić information content (AvgIpc) is 2.48. The lowest BCUT2D eigenvalue weighted by Gasteiger charge is -2.37.